The molecule has 13 heavy (non-hydrogen) atoms. The molecule has 70 valence electrons. The lowest BCUT2D eigenvalue weighted by Crippen LogP contribution is -2.85. The molecule has 3 amide bonds. The zero-order valence-electron chi connectivity index (χ0n) is 6.50. The molecule has 0 spiro atoms. The maximum absolute atomic E-state index is 11.3. The average molecular weight is 184 g/mol. The van der Waals surface area contributed by atoms with Crippen LogP contribution in [0.2, 0.25) is 0 Å². The van der Waals surface area contributed by atoms with E-state index in [0.29, 0.717) is 0 Å². The first-order chi connectivity index (χ1) is 5.98. The van der Waals surface area contributed by atoms with E-state index in [4.69, 9.17) is 11.5 Å². The number of rotatable bonds is 0. The van der Waals surface area contributed by atoms with E-state index in [1.54, 1.807) is 0 Å². The second-order valence-corrected chi connectivity index (χ2v) is 2.89. The molecule has 0 aromatic rings. The van der Waals surface area contributed by atoms with Gasteiger partial charge >= 0.3 is 6.03 Å². The van der Waals surface area contributed by atoms with Crippen LogP contribution in [0.1, 0.15) is 0 Å². The molecule has 8 nitrogen and oxygen atoms in total. The van der Waals surface area contributed by atoms with Crippen LogP contribution in [-0.2, 0) is 4.79 Å². The number of fused-ring (bicyclic) bond motifs is 1. The van der Waals surface area contributed by atoms with Gasteiger partial charge in [-0.1, -0.05) is 0 Å². The summed E-state index contributed by atoms with van der Waals surface area (Å²) in [6, 6.07) is -0.713. The molecule has 2 atom stereocenters. The Morgan fingerprint density at radius 2 is 2.08 bits per heavy atom. The van der Waals surface area contributed by atoms with Crippen LogP contribution in [0.4, 0.5) is 4.79 Å². The summed E-state index contributed by atoms with van der Waals surface area (Å²) in [7, 11) is 0. The number of nitrogens with two attached hydrogens (primary N) is 2. The Morgan fingerprint density at radius 3 is 2.77 bits per heavy atom. The number of urea groups is 1. The van der Waals surface area contributed by atoms with Crippen molar-refractivity contribution >= 4 is 18.3 Å². The molecule has 7 N–H and O–H groups in total. The van der Waals surface area contributed by atoms with Gasteiger partial charge in [-0.2, -0.15) is 0 Å². The van der Waals surface area contributed by atoms with E-state index in [0.717, 1.165) is 0 Å². The van der Waals surface area contributed by atoms with Crippen LogP contribution in [0.25, 0.3) is 0 Å². The number of aliphatic imine (C=N–C) groups is 1. The second-order valence-electron chi connectivity index (χ2n) is 2.89. The number of imide groups is 1. The van der Waals surface area contributed by atoms with Crippen molar-refractivity contribution in [3.63, 3.8) is 0 Å². The van der Waals surface area contributed by atoms with Crippen LogP contribution < -0.4 is 27.4 Å². The topological polar surface area (TPSA) is 135 Å². The first-order valence-electron chi connectivity index (χ1n) is 3.51. The Morgan fingerprint density at radius 1 is 1.38 bits per heavy atom. The van der Waals surface area contributed by atoms with Crippen molar-refractivity contribution in [1.29, 1.82) is 0 Å². The summed E-state index contributed by atoms with van der Waals surface area (Å²) < 4.78 is 0. The molecule has 2 rings (SSSR count). The zero-order chi connectivity index (χ0) is 9.69. The van der Waals surface area contributed by atoms with Crippen molar-refractivity contribution in [2.24, 2.45) is 16.5 Å². The van der Waals surface area contributed by atoms with E-state index in [1.165, 1.54) is 6.34 Å². The number of carbonyl (C=O) groups excluding carboxylic acids is 2. The highest BCUT2D eigenvalue weighted by molar-refractivity contribution is 6.05. The van der Waals surface area contributed by atoms with Gasteiger partial charge in [-0.3, -0.25) is 26.9 Å². The first kappa shape index (κ1) is 7.95. The lowest BCUT2D eigenvalue weighted by molar-refractivity contribution is -0.129. The van der Waals surface area contributed by atoms with Gasteiger partial charge in [0.05, 0.1) is 6.34 Å². The molecule has 0 bridgehead atoms. The van der Waals surface area contributed by atoms with Crippen molar-refractivity contribution in [2.75, 3.05) is 0 Å². The van der Waals surface area contributed by atoms with Crippen LogP contribution in [0.15, 0.2) is 4.99 Å². The van der Waals surface area contributed by atoms with Gasteiger partial charge in [0.1, 0.15) is 0 Å². The van der Waals surface area contributed by atoms with Crippen molar-refractivity contribution in [3.05, 3.63) is 0 Å². The van der Waals surface area contributed by atoms with E-state index in [9.17, 15) is 9.59 Å². The molecule has 1 saturated heterocycles. The Hall–Kier alpha value is -1.67. The quantitative estimate of drug-likeness (QED) is 0.269. The minimum Gasteiger partial charge on any atom is -0.346 e. The Balaban J connectivity index is 2.45. The Kier molecular flexibility index (Phi) is 1.21. The van der Waals surface area contributed by atoms with Crippen molar-refractivity contribution in [1.82, 2.24) is 16.0 Å². The number of carbonyl (C=O) groups is 2. The fourth-order valence-corrected chi connectivity index (χ4v) is 1.22. The normalized spacial score (nSPS) is 42.0. The lowest BCUT2D eigenvalue weighted by Gasteiger charge is -2.40. The maximum atomic E-state index is 11.3. The highest BCUT2D eigenvalue weighted by Crippen LogP contribution is 2.20. The summed E-state index contributed by atoms with van der Waals surface area (Å²) >= 11 is 0. The third-order valence-corrected chi connectivity index (χ3v) is 2.05. The van der Waals surface area contributed by atoms with Gasteiger partial charge in [0.25, 0.3) is 5.91 Å². The van der Waals surface area contributed by atoms with E-state index < -0.39 is 23.4 Å². The van der Waals surface area contributed by atoms with Crippen LogP contribution in [-0.4, -0.2) is 29.7 Å². The fraction of sp³-hybridized carbons (Fsp3) is 0.400. The molecule has 0 radical (unpaired) electrons. The zero-order valence-corrected chi connectivity index (χ0v) is 6.50. The highest BCUT2D eigenvalue weighted by Gasteiger charge is 2.59. The number of hydrogen-bond acceptors (Lipinski definition) is 6. The van der Waals surface area contributed by atoms with Gasteiger partial charge < -0.3 is 5.32 Å². The average Bonchev–Trinajstić information content (AvgIpc) is 2.28. The van der Waals surface area contributed by atoms with Crippen LogP contribution in [0.5, 0.6) is 0 Å². The summed E-state index contributed by atoms with van der Waals surface area (Å²) in [5, 5.41) is 6.71. The van der Waals surface area contributed by atoms with Crippen LogP contribution in [0, 0.1) is 0 Å². The first-order valence-corrected chi connectivity index (χ1v) is 3.51. The molecule has 1 fully saturated rings. The van der Waals surface area contributed by atoms with Gasteiger partial charge in [-0.25, -0.2) is 9.79 Å². The molecule has 0 aliphatic carbocycles. The molecule has 2 unspecified atom stereocenters. The third-order valence-electron chi connectivity index (χ3n) is 2.05. The highest BCUT2D eigenvalue weighted by atomic mass is 16.2. The molecule has 8 heteroatoms. The number of hydrogen-bond donors (Lipinski definition) is 5. The van der Waals surface area contributed by atoms with Crippen molar-refractivity contribution in [2.45, 2.75) is 11.4 Å². The lowest BCUT2D eigenvalue weighted by atomic mass is 10.0. The molecular formula is C5H8N6O2. The van der Waals surface area contributed by atoms with E-state index in [2.05, 4.69) is 15.6 Å². The molecule has 0 aromatic carbocycles. The summed E-state index contributed by atoms with van der Waals surface area (Å²) in [6.45, 7) is 0. The largest absolute Gasteiger partial charge is 0.346 e. The van der Waals surface area contributed by atoms with Crippen molar-refractivity contribution < 1.29 is 9.59 Å². The maximum Gasteiger partial charge on any atom is 0.324 e. The SMILES string of the molecule is NC12N=CNC1(N)C(=O)NC(=O)N2. The third kappa shape index (κ3) is 0.779. The smallest absolute Gasteiger partial charge is 0.324 e. The minimum atomic E-state index is -1.61. The summed E-state index contributed by atoms with van der Waals surface area (Å²) in [5.74, 6) is -2.32. The molecule has 2 heterocycles. The summed E-state index contributed by atoms with van der Waals surface area (Å²) in [6.07, 6.45) is 1.19. The van der Waals surface area contributed by atoms with Gasteiger partial charge in [-0.15, -0.1) is 0 Å². The van der Waals surface area contributed by atoms with E-state index in [-0.39, 0.29) is 0 Å². The summed E-state index contributed by atoms with van der Waals surface area (Å²) in [5.41, 5.74) is 9.61. The Labute approximate surface area is 72.7 Å². The van der Waals surface area contributed by atoms with Gasteiger partial charge in [-0.05, 0) is 0 Å². The molecule has 0 saturated carbocycles. The Bertz CT molecular complexity index is 327. The van der Waals surface area contributed by atoms with Gasteiger partial charge in [0.15, 0.2) is 0 Å². The van der Waals surface area contributed by atoms with Crippen molar-refractivity contribution in [3.8, 4) is 0 Å². The van der Waals surface area contributed by atoms with Crippen LogP contribution >= 0.6 is 0 Å². The van der Waals surface area contributed by atoms with E-state index in [1.807, 2.05) is 5.32 Å². The molecule has 0 aromatic heterocycles. The number of nitrogens with zero attached hydrogens (tertiary/aromatic N) is 1. The molecular weight excluding hydrogens is 176 g/mol. The van der Waals surface area contributed by atoms with E-state index >= 15 is 0 Å². The standard InChI is InChI=1S/C5H8N6O2/c6-4-2(12)10-3(13)11-5(4,7)9-1-8-4/h1H,6-7H2,(H,8,9)(H2,10,11,12,13). The molecule has 2 aliphatic heterocycles. The predicted molar refractivity (Wildman–Crippen MR) is 42.1 cm³/mol. The van der Waals surface area contributed by atoms with Crippen LogP contribution in [0.3, 0.4) is 0 Å². The predicted octanol–water partition coefficient (Wildman–Crippen LogP) is -3.28. The monoisotopic (exact) mass is 184 g/mol. The summed E-state index contributed by atoms with van der Waals surface area (Å²) in [4.78, 5) is 25.9. The van der Waals surface area contributed by atoms with Gasteiger partial charge in [0.2, 0.25) is 11.4 Å². The second kappa shape index (κ2) is 1.98. The fourth-order valence-electron chi connectivity index (χ4n) is 1.22. The number of amides is 3. The number of nitrogens with one attached hydrogen (secondary N) is 3. The minimum absolute atomic E-state index is 0.712. The van der Waals surface area contributed by atoms with Gasteiger partial charge in [0, 0.05) is 0 Å². The molecule has 2 aliphatic rings.